The maximum atomic E-state index is 13.5. The zero-order valence-electron chi connectivity index (χ0n) is 10.6. The van der Waals surface area contributed by atoms with E-state index in [4.69, 9.17) is 11.6 Å². The van der Waals surface area contributed by atoms with Gasteiger partial charge in [0.1, 0.15) is 0 Å². The number of rotatable bonds is 4. The number of hydrogen-bond donors (Lipinski definition) is 1. The van der Waals surface area contributed by atoms with Crippen molar-refractivity contribution >= 4 is 27.1 Å². The number of nitrogens with one attached hydrogen (secondary N) is 1. The lowest BCUT2D eigenvalue weighted by Crippen LogP contribution is -2.32. The maximum Gasteiger partial charge on any atom is 0.164 e. The van der Waals surface area contributed by atoms with E-state index >= 15 is 0 Å². The van der Waals surface area contributed by atoms with E-state index < -0.39 is 20.4 Å². The molecule has 0 fully saturated rings. The van der Waals surface area contributed by atoms with Crippen LogP contribution in [0.4, 0.5) is 10.1 Å². The molecule has 0 bridgehead atoms. The molecule has 1 aromatic carbocycles. The summed E-state index contributed by atoms with van der Waals surface area (Å²) in [5.74, 6) is -0.616. The standard InChI is InChI=1S/C12H17ClFNO2S/c1-12(2,3)18(16,17)8-7-15-10-6-4-5-9(13)11(10)14/h4-6,15H,7-8H2,1-3H3. The molecular weight excluding hydrogens is 277 g/mol. The second kappa shape index (κ2) is 5.45. The number of sulfone groups is 1. The van der Waals surface area contributed by atoms with Gasteiger partial charge in [0.05, 0.1) is 21.2 Å². The summed E-state index contributed by atoms with van der Waals surface area (Å²) >= 11 is 5.62. The molecule has 0 saturated heterocycles. The van der Waals surface area contributed by atoms with Gasteiger partial charge in [0, 0.05) is 6.54 Å². The molecule has 0 aromatic heterocycles. The molecule has 1 aromatic rings. The Morgan fingerprint density at radius 2 is 1.94 bits per heavy atom. The summed E-state index contributed by atoms with van der Waals surface area (Å²) in [4.78, 5) is 0. The number of benzene rings is 1. The first kappa shape index (κ1) is 15.2. The predicted molar refractivity (Wildman–Crippen MR) is 73.4 cm³/mol. The second-order valence-electron chi connectivity index (χ2n) is 4.96. The van der Waals surface area contributed by atoms with E-state index in [-0.39, 0.29) is 23.0 Å². The monoisotopic (exact) mass is 293 g/mol. The number of hydrogen-bond acceptors (Lipinski definition) is 3. The summed E-state index contributed by atoms with van der Waals surface area (Å²) in [5.41, 5.74) is 0.214. The van der Waals surface area contributed by atoms with Gasteiger partial charge in [0.25, 0.3) is 0 Å². The summed E-state index contributed by atoms with van der Waals surface area (Å²) in [6.45, 7) is 5.07. The van der Waals surface area contributed by atoms with E-state index in [0.717, 1.165) is 0 Å². The van der Waals surface area contributed by atoms with E-state index in [1.165, 1.54) is 12.1 Å². The topological polar surface area (TPSA) is 46.2 Å². The minimum atomic E-state index is -3.21. The third-order valence-corrected chi connectivity index (χ3v) is 5.47. The molecule has 0 radical (unpaired) electrons. The fourth-order valence-corrected chi connectivity index (χ4v) is 2.42. The van der Waals surface area contributed by atoms with Gasteiger partial charge in [0.2, 0.25) is 0 Å². The molecule has 0 aliphatic heterocycles. The Hall–Kier alpha value is -0.810. The molecule has 0 heterocycles. The van der Waals surface area contributed by atoms with Crippen LogP contribution < -0.4 is 5.32 Å². The van der Waals surface area contributed by atoms with Crippen molar-refractivity contribution in [1.82, 2.24) is 0 Å². The first-order valence-corrected chi connectivity index (χ1v) is 7.58. The lowest BCUT2D eigenvalue weighted by Gasteiger charge is -2.19. The van der Waals surface area contributed by atoms with Gasteiger partial charge in [-0.1, -0.05) is 17.7 Å². The Bertz CT molecular complexity index is 523. The molecule has 0 aliphatic carbocycles. The quantitative estimate of drug-likeness (QED) is 0.928. The van der Waals surface area contributed by atoms with Gasteiger partial charge < -0.3 is 5.32 Å². The Balaban J connectivity index is 2.66. The van der Waals surface area contributed by atoms with Crippen LogP contribution in [-0.2, 0) is 9.84 Å². The summed E-state index contributed by atoms with van der Waals surface area (Å²) in [6, 6.07) is 4.56. The van der Waals surface area contributed by atoms with Crippen LogP contribution in [0.3, 0.4) is 0 Å². The predicted octanol–water partition coefficient (Wildman–Crippen LogP) is 3.10. The van der Waals surface area contributed by atoms with Gasteiger partial charge in [-0.05, 0) is 32.9 Å². The van der Waals surface area contributed by atoms with Crippen LogP contribution >= 0.6 is 11.6 Å². The average molecular weight is 294 g/mol. The van der Waals surface area contributed by atoms with Gasteiger partial charge >= 0.3 is 0 Å². The van der Waals surface area contributed by atoms with Crippen LogP contribution in [0.5, 0.6) is 0 Å². The van der Waals surface area contributed by atoms with Crippen LogP contribution in [0, 0.1) is 5.82 Å². The molecule has 0 aliphatic rings. The van der Waals surface area contributed by atoms with Crippen molar-refractivity contribution in [1.29, 1.82) is 0 Å². The van der Waals surface area contributed by atoms with Crippen LogP contribution in [0.1, 0.15) is 20.8 Å². The van der Waals surface area contributed by atoms with E-state index in [2.05, 4.69) is 5.32 Å². The highest BCUT2D eigenvalue weighted by Crippen LogP contribution is 2.22. The van der Waals surface area contributed by atoms with Gasteiger partial charge in [-0.15, -0.1) is 0 Å². The molecule has 0 spiro atoms. The molecule has 0 amide bonds. The molecule has 3 nitrogen and oxygen atoms in total. The Kier molecular flexibility index (Phi) is 4.61. The summed E-state index contributed by atoms with van der Waals surface area (Å²) in [6.07, 6.45) is 0. The molecule has 0 unspecified atom stereocenters. The fourth-order valence-electron chi connectivity index (χ4n) is 1.27. The molecule has 102 valence electrons. The highest BCUT2D eigenvalue weighted by molar-refractivity contribution is 7.92. The summed E-state index contributed by atoms with van der Waals surface area (Å²) in [7, 11) is -3.21. The van der Waals surface area contributed by atoms with Crippen molar-refractivity contribution < 1.29 is 12.8 Å². The van der Waals surface area contributed by atoms with Gasteiger partial charge in [-0.2, -0.15) is 0 Å². The van der Waals surface area contributed by atoms with Crippen molar-refractivity contribution in [3.05, 3.63) is 29.0 Å². The largest absolute Gasteiger partial charge is 0.382 e. The Morgan fingerprint density at radius 3 is 2.50 bits per heavy atom. The molecule has 1 rings (SSSR count). The lowest BCUT2D eigenvalue weighted by atomic mass is 10.3. The van der Waals surface area contributed by atoms with Crippen LogP contribution in [-0.4, -0.2) is 25.5 Å². The van der Waals surface area contributed by atoms with Crippen molar-refractivity contribution in [2.45, 2.75) is 25.5 Å². The lowest BCUT2D eigenvalue weighted by molar-refractivity contribution is 0.560. The van der Waals surface area contributed by atoms with Crippen LogP contribution in [0.15, 0.2) is 18.2 Å². The third kappa shape index (κ3) is 3.59. The molecule has 0 atom stereocenters. The smallest absolute Gasteiger partial charge is 0.164 e. The van der Waals surface area contributed by atoms with Crippen LogP contribution in [0.25, 0.3) is 0 Å². The SMILES string of the molecule is CC(C)(C)S(=O)(=O)CCNc1cccc(Cl)c1F. The molecule has 6 heteroatoms. The van der Waals surface area contributed by atoms with E-state index in [1.54, 1.807) is 26.8 Å². The molecule has 0 saturated carbocycles. The maximum absolute atomic E-state index is 13.5. The van der Waals surface area contributed by atoms with Crippen molar-refractivity contribution in [2.75, 3.05) is 17.6 Å². The summed E-state index contributed by atoms with van der Waals surface area (Å²) < 4.78 is 36.4. The van der Waals surface area contributed by atoms with Crippen LogP contribution in [0.2, 0.25) is 5.02 Å². The highest BCUT2D eigenvalue weighted by atomic mass is 35.5. The van der Waals surface area contributed by atoms with E-state index in [0.29, 0.717) is 0 Å². The normalized spacial score (nSPS) is 12.5. The second-order valence-corrected chi connectivity index (χ2v) is 8.23. The van der Waals surface area contributed by atoms with E-state index in [1.807, 2.05) is 0 Å². The molecule has 18 heavy (non-hydrogen) atoms. The first-order valence-electron chi connectivity index (χ1n) is 5.55. The Morgan fingerprint density at radius 1 is 1.33 bits per heavy atom. The van der Waals surface area contributed by atoms with Gasteiger partial charge in [0.15, 0.2) is 15.7 Å². The minimum absolute atomic E-state index is 0.0127. The van der Waals surface area contributed by atoms with Crippen molar-refractivity contribution in [2.24, 2.45) is 0 Å². The number of anilines is 1. The van der Waals surface area contributed by atoms with Crippen molar-refractivity contribution in [3.8, 4) is 0 Å². The first-order chi connectivity index (χ1) is 8.15. The fraction of sp³-hybridized carbons (Fsp3) is 0.500. The average Bonchev–Trinajstić information content (AvgIpc) is 2.22. The Labute approximate surface area is 112 Å². The van der Waals surface area contributed by atoms with Crippen molar-refractivity contribution in [3.63, 3.8) is 0 Å². The molecule has 1 N–H and O–H groups in total. The molecular formula is C12H17ClFNO2S. The minimum Gasteiger partial charge on any atom is -0.382 e. The zero-order chi connectivity index (χ0) is 14.0. The summed E-state index contributed by atoms with van der Waals surface area (Å²) in [5, 5.41) is 2.76. The zero-order valence-corrected chi connectivity index (χ0v) is 12.2. The highest BCUT2D eigenvalue weighted by Gasteiger charge is 2.28. The third-order valence-electron chi connectivity index (χ3n) is 2.57. The van der Waals surface area contributed by atoms with Gasteiger partial charge in [-0.25, -0.2) is 12.8 Å². The number of halogens is 2. The van der Waals surface area contributed by atoms with Gasteiger partial charge in [-0.3, -0.25) is 0 Å². The van der Waals surface area contributed by atoms with E-state index in [9.17, 15) is 12.8 Å².